The van der Waals surface area contributed by atoms with Crippen LogP contribution >= 0.6 is 0 Å². The molecule has 0 aromatic heterocycles. The molecule has 1 saturated heterocycles. The van der Waals surface area contributed by atoms with E-state index >= 15 is 0 Å². The summed E-state index contributed by atoms with van der Waals surface area (Å²) in [5.41, 5.74) is 0. The van der Waals surface area contributed by atoms with Crippen molar-refractivity contribution in [2.45, 2.75) is 70.6 Å². The van der Waals surface area contributed by atoms with Crippen molar-refractivity contribution in [2.75, 3.05) is 25.9 Å². The summed E-state index contributed by atoms with van der Waals surface area (Å²) < 4.78 is 25.2. The van der Waals surface area contributed by atoms with Gasteiger partial charge in [-0.3, -0.25) is 4.90 Å². The minimum absolute atomic E-state index is 0.231. The van der Waals surface area contributed by atoms with Crippen LogP contribution in [0.4, 0.5) is 0 Å². The fourth-order valence-corrected chi connectivity index (χ4v) is 4.93. The van der Waals surface area contributed by atoms with E-state index in [9.17, 15) is 13.5 Å². The Labute approximate surface area is 135 Å². The van der Waals surface area contributed by atoms with Crippen LogP contribution in [0.25, 0.3) is 0 Å². The molecule has 1 saturated carbocycles. The van der Waals surface area contributed by atoms with Crippen LogP contribution in [0.15, 0.2) is 0 Å². The molecule has 0 aromatic carbocycles. The molecule has 22 heavy (non-hydrogen) atoms. The Morgan fingerprint density at radius 1 is 1.18 bits per heavy atom. The number of piperidine rings is 1. The van der Waals surface area contributed by atoms with Gasteiger partial charge in [-0.05, 0) is 45.4 Å². The predicted molar refractivity (Wildman–Crippen MR) is 89.2 cm³/mol. The first-order valence-electron chi connectivity index (χ1n) is 8.68. The molecular formula is C16H32N2O3S. The molecule has 0 bridgehead atoms. The van der Waals surface area contributed by atoms with Gasteiger partial charge >= 0.3 is 0 Å². The number of nitrogens with zero attached hydrogens (tertiary/aromatic N) is 2. The molecule has 1 N–H and O–H groups in total. The van der Waals surface area contributed by atoms with E-state index in [-0.39, 0.29) is 12.1 Å². The Morgan fingerprint density at radius 2 is 1.86 bits per heavy atom. The maximum absolute atomic E-state index is 11.8. The van der Waals surface area contributed by atoms with Gasteiger partial charge in [0.15, 0.2) is 0 Å². The number of sulfonamides is 1. The van der Waals surface area contributed by atoms with E-state index in [4.69, 9.17) is 0 Å². The van der Waals surface area contributed by atoms with Crippen LogP contribution in [0.1, 0.15) is 52.4 Å². The monoisotopic (exact) mass is 332 g/mol. The van der Waals surface area contributed by atoms with Crippen molar-refractivity contribution in [1.29, 1.82) is 0 Å². The van der Waals surface area contributed by atoms with Gasteiger partial charge in [0.25, 0.3) is 0 Å². The highest BCUT2D eigenvalue weighted by atomic mass is 32.2. The van der Waals surface area contributed by atoms with Crippen molar-refractivity contribution in [1.82, 2.24) is 9.21 Å². The number of hydrogen-bond acceptors (Lipinski definition) is 4. The van der Waals surface area contributed by atoms with Crippen LogP contribution < -0.4 is 0 Å². The lowest BCUT2D eigenvalue weighted by Gasteiger charge is -2.43. The smallest absolute Gasteiger partial charge is 0.211 e. The van der Waals surface area contributed by atoms with E-state index in [0.717, 1.165) is 38.6 Å². The third kappa shape index (κ3) is 4.66. The fraction of sp³-hybridized carbons (Fsp3) is 1.00. The largest absolute Gasteiger partial charge is 0.391 e. The molecule has 0 radical (unpaired) electrons. The lowest BCUT2D eigenvalue weighted by molar-refractivity contribution is -0.00652. The molecule has 1 aliphatic carbocycles. The zero-order valence-corrected chi connectivity index (χ0v) is 15.1. The number of aliphatic hydroxyl groups is 1. The lowest BCUT2D eigenvalue weighted by Crippen LogP contribution is -2.52. The van der Waals surface area contributed by atoms with E-state index in [1.54, 1.807) is 4.31 Å². The van der Waals surface area contributed by atoms with E-state index < -0.39 is 10.0 Å². The van der Waals surface area contributed by atoms with Gasteiger partial charge < -0.3 is 5.11 Å². The Bertz CT molecular complexity index is 452. The average molecular weight is 333 g/mol. The van der Waals surface area contributed by atoms with Gasteiger partial charge in [0.2, 0.25) is 10.0 Å². The molecule has 130 valence electrons. The van der Waals surface area contributed by atoms with Crippen molar-refractivity contribution >= 4 is 10.0 Å². The van der Waals surface area contributed by atoms with Gasteiger partial charge in [0.1, 0.15) is 0 Å². The standard InChI is InChI=1S/C16H32N2O3S/c1-13(2)18(15-8-4-5-9-16(15)19)12-14-7-6-10-17(11-14)22(3,20)21/h13-16,19H,4-12H2,1-3H3/t14-,15+,16-/m1/s1. The second kappa shape index (κ2) is 7.60. The highest BCUT2D eigenvalue weighted by Gasteiger charge is 2.33. The third-order valence-electron chi connectivity index (χ3n) is 5.20. The average Bonchev–Trinajstić information content (AvgIpc) is 2.45. The van der Waals surface area contributed by atoms with Gasteiger partial charge in [0.05, 0.1) is 12.4 Å². The molecule has 0 spiro atoms. The van der Waals surface area contributed by atoms with Gasteiger partial charge in [0, 0.05) is 31.7 Å². The molecule has 5 nitrogen and oxygen atoms in total. The first-order valence-corrected chi connectivity index (χ1v) is 10.5. The number of hydrogen-bond donors (Lipinski definition) is 1. The molecule has 0 unspecified atom stereocenters. The first-order chi connectivity index (χ1) is 10.3. The Balaban J connectivity index is 2.01. The van der Waals surface area contributed by atoms with Crippen molar-refractivity contribution in [3.8, 4) is 0 Å². The molecule has 1 heterocycles. The predicted octanol–water partition coefficient (Wildman–Crippen LogP) is 1.67. The molecule has 3 atom stereocenters. The highest BCUT2D eigenvalue weighted by Crippen LogP contribution is 2.28. The normalized spacial score (nSPS) is 31.8. The van der Waals surface area contributed by atoms with Crippen LogP contribution in [0, 0.1) is 5.92 Å². The van der Waals surface area contributed by atoms with Gasteiger partial charge in [-0.1, -0.05) is 12.8 Å². The minimum atomic E-state index is -3.09. The SMILES string of the molecule is CC(C)N(C[C@@H]1CCCN(S(C)(=O)=O)C1)[C@H]1CCCC[C@H]1O. The summed E-state index contributed by atoms with van der Waals surface area (Å²) in [7, 11) is -3.09. The molecule has 6 heteroatoms. The second-order valence-electron chi connectivity index (χ2n) is 7.34. The van der Waals surface area contributed by atoms with E-state index in [0.29, 0.717) is 25.0 Å². The van der Waals surface area contributed by atoms with Gasteiger partial charge in [-0.2, -0.15) is 0 Å². The van der Waals surface area contributed by atoms with Crippen LogP contribution in [-0.2, 0) is 10.0 Å². The molecular weight excluding hydrogens is 300 g/mol. The molecule has 2 fully saturated rings. The zero-order valence-electron chi connectivity index (χ0n) is 14.2. The maximum Gasteiger partial charge on any atom is 0.211 e. The Morgan fingerprint density at radius 3 is 2.45 bits per heavy atom. The third-order valence-corrected chi connectivity index (χ3v) is 6.47. The van der Waals surface area contributed by atoms with Gasteiger partial charge in [-0.15, -0.1) is 0 Å². The summed E-state index contributed by atoms with van der Waals surface area (Å²) in [4.78, 5) is 2.42. The molecule has 1 aliphatic heterocycles. The quantitative estimate of drug-likeness (QED) is 0.832. The number of aliphatic hydroxyl groups excluding tert-OH is 1. The number of rotatable bonds is 5. The minimum Gasteiger partial charge on any atom is -0.391 e. The summed E-state index contributed by atoms with van der Waals surface area (Å²) in [5.74, 6) is 0.375. The molecule has 2 rings (SSSR count). The van der Waals surface area contributed by atoms with E-state index in [2.05, 4.69) is 18.7 Å². The van der Waals surface area contributed by atoms with E-state index in [1.807, 2.05) is 0 Å². The van der Waals surface area contributed by atoms with Crippen molar-refractivity contribution in [3.63, 3.8) is 0 Å². The van der Waals surface area contributed by atoms with Crippen molar-refractivity contribution in [2.24, 2.45) is 5.92 Å². The summed E-state index contributed by atoms with van der Waals surface area (Å²) in [6, 6.07) is 0.619. The summed E-state index contributed by atoms with van der Waals surface area (Å²) >= 11 is 0. The van der Waals surface area contributed by atoms with Crippen LogP contribution in [0.5, 0.6) is 0 Å². The van der Waals surface area contributed by atoms with Crippen molar-refractivity contribution < 1.29 is 13.5 Å². The molecule has 0 amide bonds. The van der Waals surface area contributed by atoms with Crippen LogP contribution in [0.3, 0.4) is 0 Å². The van der Waals surface area contributed by atoms with Crippen molar-refractivity contribution in [3.05, 3.63) is 0 Å². The zero-order chi connectivity index (χ0) is 16.3. The first kappa shape index (κ1) is 18.2. The lowest BCUT2D eigenvalue weighted by atomic mass is 9.89. The summed E-state index contributed by atoms with van der Waals surface area (Å²) in [5, 5.41) is 10.4. The molecule has 0 aromatic rings. The van der Waals surface area contributed by atoms with E-state index in [1.165, 1.54) is 12.7 Å². The Hall–Kier alpha value is -0.170. The summed E-state index contributed by atoms with van der Waals surface area (Å²) in [6.07, 6.45) is 7.36. The van der Waals surface area contributed by atoms with Crippen LogP contribution in [0.2, 0.25) is 0 Å². The van der Waals surface area contributed by atoms with Gasteiger partial charge in [-0.25, -0.2) is 12.7 Å². The highest BCUT2D eigenvalue weighted by molar-refractivity contribution is 7.88. The van der Waals surface area contributed by atoms with Crippen LogP contribution in [-0.4, -0.2) is 66.8 Å². The summed E-state index contributed by atoms with van der Waals surface area (Å²) in [6.45, 7) is 6.54. The maximum atomic E-state index is 11.8. The Kier molecular flexibility index (Phi) is 6.28. The molecule has 2 aliphatic rings. The topological polar surface area (TPSA) is 60.9 Å². The fourth-order valence-electron chi connectivity index (χ4n) is 3.98. The second-order valence-corrected chi connectivity index (χ2v) is 9.32.